The van der Waals surface area contributed by atoms with E-state index in [9.17, 15) is 10.1 Å². The van der Waals surface area contributed by atoms with Crippen LogP contribution in [0.2, 0.25) is 0 Å². The standard InChI is InChI=1S/C17H12N6O2S3/c1-22-8-7-18-16(22)26-12-9-19-15(21-14(12)11-5-3-2-4-6-11)28-17-20-10-13(27-17)23(24)25/h2-10H,1H3. The number of rotatable bonds is 6. The third kappa shape index (κ3) is 4.06. The van der Waals surface area contributed by atoms with E-state index in [0.29, 0.717) is 9.50 Å². The zero-order chi connectivity index (χ0) is 19.5. The van der Waals surface area contributed by atoms with Gasteiger partial charge in [-0.05, 0) is 34.9 Å². The average molecular weight is 429 g/mol. The lowest BCUT2D eigenvalue weighted by molar-refractivity contribution is -0.380. The van der Waals surface area contributed by atoms with Gasteiger partial charge in [-0.15, -0.1) is 0 Å². The number of aromatic nitrogens is 5. The lowest BCUT2D eigenvalue weighted by Crippen LogP contribution is -1.95. The van der Waals surface area contributed by atoms with Gasteiger partial charge in [-0.25, -0.2) is 19.9 Å². The number of benzene rings is 1. The summed E-state index contributed by atoms with van der Waals surface area (Å²) in [5, 5.41) is 12.2. The average Bonchev–Trinajstić information content (AvgIpc) is 3.33. The van der Waals surface area contributed by atoms with Gasteiger partial charge in [0.1, 0.15) is 6.20 Å². The van der Waals surface area contributed by atoms with Crippen molar-refractivity contribution in [3.63, 3.8) is 0 Å². The molecule has 0 bridgehead atoms. The number of hydrogen-bond acceptors (Lipinski definition) is 9. The molecule has 3 heterocycles. The van der Waals surface area contributed by atoms with Crippen molar-refractivity contribution in [3.05, 3.63) is 65.2 Å². The monoisotopic (exact) mass is 428 g/mol. The highest BCUT2D eigenvalue weighted by atomic mass is 32.2. The summed E-state index contributed by atoms with van der Waals surface area (Å²) in [7, 11) is 1.93. The first kappa shape index (κ1) is 18.6. The molecule has 0 saturated carbocycles. The van der Waals surface area contributed by atoms with Crippen molar-refractivity contribution >= 4 is 39.9 Å². The number of hydrogen-bond donors (Lipinski definition) is 0. The van der Waals surface area contributed by atoms with E-state index in [0.717, 1.165) is 32.6 Å². The Morgan fingerprint density at radius 3 is 2.61 bits per heavy atom. The third-order valence-electron chi connectivity index (χ3n) is 3.59. The summed E-state index contributed by atoms with van der Waals surface area (Å²) in [6, 6.07) is 9.80. The zero-order valence-corrected chi connectivity index (χ0v) is 16.9. The van der Waals surface area contributed by atoms with Crippen molar-refractivity contribution in [3.8, 4) is 11.3 Å². The second-order valence-electron chi connectivity index (χ2n) is 5.48. The highest BCUT2D eigenvalue weighted by Crippen LogP contribution is 2.37. The Morgan fingerprint density at radius 1 is 1.11 bits per heavy atom. The molecule has 28 heavy (non-hydrogen) atoms. The quantitative estimate of drug-likeness (QED) is 0.251. The third-order valence-corrected chi connectivity index (χ3v) is 6.59. The normalized spacial score (nSPS) is 10.9. The maximum absolute atomic E-state index is 10.9. The van der Waals surface area contributed by atoms with E-state index < -0.39 is 4.92 Å². The van der Waals surface area contributed by atoms with E-state index in [1.165, 1.54) is 29.7 Å². The fraction of sp³-hybridized carbons (Fsp3) is 0.0588. The van der Waals surface area contributed by atoms with Gasteiger partial charge in [0.05, 0.1) is 15.5 Å². The van der Waals surface area contributed by atoms with Crippen molar-refractivity contribution < 1.29 is 4.92 Å². The SMILES string of the molecule is Cn1ccnc1Sc1cnc(Sc2ncc([N+](=O)[O-])s2)nc1-c1ccccc1. The van der Waals surface area contributed by atoms with E-state index in [1.54, 1.807) is 12.4 Å². The summed E-state index contributed by atoms with van der Waals surface area (Å²) in [5.41, 5.74) is 1.73. The number of thiazole rings is 1. The van der Waals surface area contributed by atoms with Crippen LogP contribution in [0.1, 0.15) is 0 Å². The van der Waals surface area contributed by atoms with E-state index in [-0.39, 0.29) is 5.00 Å². The van der Waals surface area contributed by atoms with Crippen LogP contribution >= 0.6 is 34.9 Å². The molecule has 1 aromatic carbocycles. The van der Waals surface area contributed by atoms with Crippen molar-refractivity contribution in [1.82, 2.24) is 24.5 Å². The predicted molar refractivity (Wildman–Crippen MR) is 108 cm³/mol. The highest BCUT2D eigenvalue weighted by molar-refractivity contribution is 8.01. The Kier molecular flexibility index (Phi) is 5.37. The van der Waals surface area contributed by atoms with Gasteiger partial charge in [0.2, 0.25) is 0 Å². The van der Waals surface area contributed by atoms with E-state index in [2.05, 4.69) is 15.0 Å². The molecule has 0 aliphatic rings. The maximum Gasteiger partial charge on any atom is 0.344 e. The van der Waals surface area contributed by atoms with E-state index >= 15 is 0 Å². The van der Waals surface area contributed by atoms with Gasteiger partial charge in [0, 0.05) is 31.2 Å². The predicted octanol–water partition coefficient (Wildman–Crippen LogP) is 4.54. The van der Waals surface area contributed by atoms with E-state index in [1.807, 2.05) is 48.1 Å². The van der Waals surface area contributed by atoms with Crippen LogP contribution < -0.4 is 0 Å². The molecule has 3 aromatic heterocycles. The molecule has 0 aliphatic heterocycles. The van der Waals surface area contributed by atoms with Crippen LogP contribution in [0, 0.1) is 10.1 Å². The number of aryl methyl sites for hydroxylation is 1. The summed E-state index contributed by atoms with van der Waals surface area (Å²) in [6.45, 7) is 0. The minimum Gasteiger partial charge on any atom is -0.329 e. The van der Waals surface area contributed by atoms with Crippen LogP contribution in [-0.2, 0) is 7.05 Å². The topological polar surface area (TPSA) is 99.6 Å². The second kappa shape index (κ2) is 8.09. The molecule has 0 amide bonds. The van der Waals surface area contributed by atoms with Crippen LogP contribution in [0.4, 0.5) is 5.00 Å². The molecule has 0 N–H and O–H groups in total. The van der Waals surface area contributed by atoms with Gasteiger partial charge in [-0.1, -0.05) is 30.3 Å². The van der Waals surface area contributed by atoms with Gasteiger partial charge in [-0.3, -0.25) is 10.1 Å². The molecule has 8 nitrogen and oxygen atoms in total. The van der Waals surface area contributed by atoms with Gasteiger partial charge in [0.25, 0.3) is 0 Å². The minimum atomic E-state index is -0.454. The molecular formula is C17H12N6O2S3. The van der Waals surface area contributed by atoms with Crippen molar-refractivity contribution in [2.24, 2.45) is 7.05 Å². The van der Waals surface area contributed by atoms with Crippen LogP contribution in [0.15, 0.2) is 74.7 Å². The van der Waals surface area contributed by atoms with Gasteiger partial charge >= 0.3 is 5.00 Å². The zero-order valence-electron chi connectivity index (χ0n) is 14.4. The Balaban J connectivity index is 1.69. The first-order chi connectivity index (χ1) is 13.6. The van der Waals surface area contributed by atoms with Crippen molar-refractivity contribution in [2.45, 2.75) is 19.5 Å². The summed E-state index contributed by atoms with van der Waals surface area (Å²) in [4.78, 5) is 28.8. The Hall–Kier alpha value is -2.76. The molecule has 0 saturated heterocycles. The first-order valence-electron chi connectivity index (χ1n) is 7.96. The van der Waals surface area contributed by atoms with E-state index in [4.69, 9.17) is 4.98 Å². The molecule has 0 unspecified atom stereocenters. The lowest BCUT2D eigenvalue weighted by atomic mass is 10.1. The lowest BCUT2D eigenvalue weighted by Gasteiger charge is -2.09. The van der Waals surface area contributed by atoms with Crippen molar-refractivity contribution in [1.29, 1.82) is 0 Å². The van der Waals surface area contributed by atoms with Gasteiger partial charge in [-0.2, -0.15) is 0 Å². The summed E-state index contributed by atoms with van der Waals surface area (Å²) in [6.07, 6.45) is 6.62. The fourth-order valence-corrected chi connectivity index (χ4v) is 4.78. The van der Waals surface area contributed by atoms with Crippen molar-refractivity contribution in [2.75, 3.05) is 0 Å². The molecule has 0 spiro atoms. The maximum atomic E-state index is 10.9. The summed E-state index contributed by atoms with van der Waals surface area (Å²) < 4.78 is 2.45. The van der Waals surface area contributed by atoms with Crippen LogP contribution in [-0.4, -0.2) is 29.4 Å². The molecule has 11 heteroatoms. The Bertz CT molecular complexity index is 1130. The second-order valence-corrected chi connectivity index (χ2v) is 8.71. The van der Waals surface area contributed by atoms with Crippen LogP contribution in [0.25, 0.3) is 11.3 Å². The molecule has 4 aromatic rings. The summed E-state index contributed by atoms with van der Waals surface area (Å²) >= 11 is 3.69. The molecule has 4 rings (SSSR count). The highest BCUT2D eigenvalue weighted by Gasteiger charge is 2.17. The Labute approximate surface area is 172 Å². The first-order valence-corrected chi connectivity index (χ1v) is 10.4. The smallest absolute Gasteiger partial charge is 0.329 e. The molecule has 0 fully saturated rings. The number of imidazole rings is 1. The minimum absolute atomic E-state index is 0.00672. The number of nitrogens with zero attached hydrogens (tertiary/aromatic N) is 6. The molecule has 0 aliphatic carbocycles. The summed E-state index contributed by atoms with van der Waals surface area (Å²) in [5.74, 6) is 0. The van der Waals surface area contributed by atoms with Crippen LogP contribution in [0.3, 0.4) is 0 Å². The van der Waals surface area contributed by atoms with Gasteiger partial charge < -0.3 is 4.57 Å². The van der Waals surface area contributed by atoms with Gasteiger partial charge in [0.15, 0.2) is 14.7 Å². The molecule has 0 atom stereocenters. The Morgan fingerprint density at radius 2 is 1.93 bits per heavy atom. The fourth-order valence-electron chi connectivity index (χ4n) is 2.29. The number of nitro groups is 1. The largest absolute Gasteiger partial charge is 0.344 e. The molecule has 140 valence electrons. The van der Waals surface area contributed by atoms with Crippen LogP contribution in [0.5, 0.6) is 0 Å². The molecular weight excluding hydrogens is 416 g/mol. The molecule has 0 radical (unpaired) electrons.